The van der Waals surface area contributed by atoms with E-state index in [1.807, 2.05) is 42.8 Å². The number of rotatable bonds is 5. The van der Waals surface area contributed by atoms with E-state index < -0.39 is 0 Å². The van der Waals surface area contributed by atoms with E-state index in [-0.39, 0.29) is 11.6 Å². The lowest BCUT2D eigenvalue weighted by Gasteiger charge is -2.15. The third-order valence-corrected chi connectivity index (χ3v) is 5.89. The fourth-order valence-corrected chi connectivity index (χ4v) is 4.07. The van der Waals surface area contributed by atoms with Crippen molar-refractivity contribution in [1.29, 1.82) is 0 Å². The van der Waals surface area contributed by atoms with E-state index in [9.17, 15) is 4.79 Å². The molecule has 1 fully saturated rings. The molecule has 3 aromatic rings. The summed E-state index contributed by atoms with van der Waals surface area (Å²) in [5.41, 5.74) is 2.39. The molecule has 0 aliphatic heterocycles. The first-order valence-corrected chi connectivity index (χ1v) is 10.3. The summed E-state index contributed by atoms with van der Waals surface area (Å²) in [5, 5.41) is 2.11. The number of aryl methyl sites for hydroxylation is 1. The molecule has 2 aliphatic rings. The first-order chi connectivity index (χ1) is 14.1. The lowest BCUT2D eigenvalue weighted by Crippen LogP contribution is -2.36. The number of benzene rings is 1. The van der Waals surface area contributed by atoms with E-state index in [4.69, 9.17) is 4.74 Å². The maximum absolute atomic E-state index is 12.7. The van der Waals surface area contributed by atoms with Crippen LogP contribution in [0.3, 0.4) is 0 Å². The molecule has 0 N–H and O–H groups in total. The highest BCUT2D eigenvalue weighted by molar-refractivity contribution is 5.48. The maximum atomic E-state index is 12.7. The van der Waals surface area contributed by atoms with E-state index >= 15 is 0 Å². The molecule has 1 aromatic carbocycles. The van der Waals surface area contributed by atoms with Crippen molar-refractivity contribution in [3.05, 3.63) is 74.9 Å². The van der Waals surface area contributed by atoms with Gasteiger partial charge in [-0.05, 0) is 61.4 Å². The van der Waals surface area contributed by atoms with Crippen molar-refractivity contribution < 1.29 is 4.74 Å². The molecule has 2 aromatic heterocycles. The van der Waals surface area contributed by atoms with Crippen LogP contribution in [0.4, 0.5) is 0 Å². The van der Waals surface area contributed by atoms with Gasteiger partial charge >= 0.3 is 5.69 Å². The van der Waals surface area contributed by atoms with Crippen molar-refractivity contribution >= 4 is 12.2 Å². The predicted molar refractivity (Wildman–Crippen MR) is 113 cm³/mol. The van der Waals surface area contributed by atoms with Crippen LogP contribution in [0.15, 0.2) is 47.4 Å². The first-order valence-electron chi connectivity index (χ1n) is 10.3. The van der Waals surface area contributed by atoms with Crippen LogP contribution in [-0.2, 0) is 13.6 Å². The van der Waals surface area contributed by atoms with Gasteiger partial charge < -0.3 is 4.74 Å². The maximum Gasteiger partial charge on any atom is 0.328 e. The van der Waals surface area contributed by atoms with Crippen molar-refractivity contribution in [2.24, 2.45) is 13.0 Å². The smallest absolute Gasteiger partial charge is 0.328 e. The minimum atomic E-state index is 0.0951. The molecule has 2 aliphatic carbocycles. The van der Waals surface area contributed by atoms with Crippen molar-refractivity contribution in [2.75, 3.05) is 0 Å². The van der Waals surface area contributed by atoms with Crippen LogP contribution in [0, 0.1) is 12.8 Å². The highest BCUT2D eigenvalue weighted by Gasteiger charge is 2.24. The van der Waals surface area contributed by atoms with E-state index in [1.165, 1.54) is 18.4 Å². The topological polar surface area (TPSA) is 49.1 Å². The molecule has 0 bridgehead atoms. The van der Waals surface area contributed by atoms with Crippen molar-refractivity contribution in [2.45, 2.75) is 38.6 Å². The largest absolute Gasteiger partial charge is 0.439 e. The summed E-state index contributed by atoms with van der Waals surface area (Å²) in [7, 11) is 1.88. The quantitative estimate of drug-likeness (QED) is 0.676. The molecular formula is C24H25N3O2. The Balaban J connectivity index is 1.46. The number of nitrogens with zero attached hydrogens (tertiary/aromatic N) is 3. The molecule has 1 atom stereocenters. The first kappa shape index (κ1) is 18.0. The van der Waals surface area contributed by atoms with Gasteiger partial charge in [0.25, 0.3) is 0 Å². The second kappa shape index (κ2) is 7.07. The van der Waals surface area contributed by atoms with E-state index in [2.05, 4.69) is 29.3 Å². The zero-order chi connectivity index (χ0) is 20.0. The van der Waals surface area contributed by atoms with Crippen molar-refractivity contribution in [3.63, 3.8) is 0 Å². The lowest BCUT2D eigenvalue weighted by atomic mass is 9.92. The van der Waals surface area contributed by atoms with Crippen LogP contribution < -0.4 is 21.1 Å². The van der Waals surface area contributed by atoms with Gasteiger partial charge in [-0.1, -0.05) is 24.3 Å². The molecule has 1 unspecified atom stereocenters. The minimum Gasteiger partial charge on any atom is -0.439 e. The Hall–Kier alpha value is -3.08. The summed E-state index contributed by atoms with van der Waals surface area (Å²) in [4.78, 5) is 17.0. The molecule has 29 heavy (non-hydrogen) atoms. The lowest BCUT2D eigenvalue weighted by molar-refractivity contribution is 0.461. The molecule has 148 valence electrons. The molecule has 0 amide bonds. The standard InChI is InChI=1S/C24H25N3O2/c1-16-10-11-25-23(12-16)29-20-5-3-4-18(13-20)19-8-9-21-22(14-19)26(2)24(28)27(21)15-17-6-7-17/h3-5,9-14,17,19H,6-8,15H2,1-2H3. The molecule has 5 rings (SSSR count). The summed E-state index contributed by atoms with van der Waals surface area (Å²) in [6.07, 6.45) is 9.57. The number of hydrogen-bond donors (Lipinski definition) is 0. The van der Waals surface area contributed by atoms with Gasteiger partial charge in [-0.3, -0.25) is 9.13 Å². The second-order valence-corrected chi connectivity index (χ2v) is 8.23. The summed E-state index contributed by atoms with van der Waals surface area (Å²) < 4.78 is 9.71. The summed E-state index contributed by atoms with van der Waals surface area (Å²) in [6.45, 7) is 2.87. The number of ether oxygens (including phenoxy) is 1. The highest BCUT2D eigenvalue weighted by atomic mass is 16.5. The van der Waals surface area contributed by atoms with E-state index in [0.717, 1.165) is 35.0 Å². The Labute approximate surface area is 169 Å². The van der Waals surface area contributed by atoms with Gasteiger partial charge in [0.2, 0.25) is 5.88 Å². The average molecular weight is 387 g/mol. The Kier molecular flexibility index (Phi) is 4.38. The number of fused-ring (bicyclic) bond motifs is 1. The predicted octanol–water partition coefficient (Wildman–Crippen LogP) is 2.84. The number of pyridine rings is 1. The van der Waals surface area contributed by atoms with Gasteiger partial charge in [-0.2, -0.15) is 0 Å². The van der Waals surface area contributed by atoms with Crippen LogP contribution in [0.1, 0.15) is 36.3 Å². The Morgan fingerprint density at radius 2 is 2.03 bits per heavy atom. The highest BCUT2D eigenvalue weighted by Crippen LogP contribution is 2.30. The Morgan fingerprint density at radius 3 is 2.83 bits per heavy atom. The van der Waals surface area contributed by atoms with E-state index in [1.54, 1.807) is 10.8 Å². The van der Waals surface area contributed by atoms with Gasteiger partial charge in [0, 0.05) is 31.8 Å². The fourth-order valence-electron chi connectivity index (χ4n) is 4.07. The van der Waals surface area contributed by atoms with Gasteiger partial charge in [-0.15, -0.1) is 0 Å². The zero-order valence-electron chi connectivity index (χ0n) is 16.8. The van der Waals surface area contributed by atoms with Gasteiger partial charge in [0.1, 0.15) is 5.75 Å². The van der Waals surface area contributed by atoms with Crippen LogP contribution in [0.2, 0.25) is 0 Å². The molecule has 0 saturated heterocycles. The average Bonchev–Trinajstić information content (AvgIpc) is 3.51. The molecular weight excluding hydrogens is 362 g/mol. The monoisotopic (exact) mass is 387 g/mol. The summed E-state index contributed by atoms with van der Waals surface area (Å²) in [6, 6.07) is 12.0. The molecule has 5 heteroatoms. The SMILES string of the molecule is Cc1ccnc(Oc2cccc(C3C=c4c(n(CC5CC5)c(=O)n4C)=CC3)c2)c1. The Morgan fingerprint density at radius 1 is 1.17 bits per heavy atom. The van der Waals surface area contributed by atoms with Crippen molar-refractivity contribution in [3.8, 4) is 11.6 Å². The molecule has 5 nitrogen and oxygen atoms in total. The zero-order valence-corrected chi connectivity index (χ0v) is 16.8. The van der Waals surface area contributed by atoms with Crippen LogP contribution >= 0.6 is 0 Å². The van der Waals surface area contributed by atoms with Gasteiger partial charge in [-0.25, -0.2) is 9.78 Å². The van der Waals surface area contributed by atoms with Crippen LogP contribution in [-0.4, -0.2) is 14.1 Å². The third-order valence-electron chi connectivity index (χ3n) is 5.89. The summed E-state index contributed by atoms with van der Waals surface area (Å²) >= 11 is 0. The summed E-state index contributed by atoms with van der Waals surface area (Å²) in [5.74, 6) is 2.27. The third kappa shape index (κ3) is 3.53. The van der Waals surface area contributed by atoms with Crippen LogP contribution in [0.25, 0.3) is 12.2 Å². The molecule has 0 spiro atoms. The molecule has 1 saturated carbocycles. The Bertz CT molecular complexity index is 1250. The van der Waals surface area contributed by atoms with Gasteiger partial charge in [0.15, 0.2) is 0 Å². The minimum absolute atomic E-state index is 0.0951. The van der Waals surface area contributed by atoms with Crippen molar-refractivity contribution in [1.82, 2.24) is 14.1 Å². The van der Waals surface area contributed by atoms with Gasteiger partial charge in [0.05, 0.1) is 10.7 Å². The second-order valence-electron chi connectivity index (χ2n) is 8.23. The molecule has 0 radical (unpaired) electrons. The number of aromatic nitrogens is 3. The normalized spacial score (nSPS) is 17.9. The molecule has 2 heterocycles. The number of hydrogen-bond acceptors (Lipinski definition) is 3. The van der Waals surface area contributed by atoms with E-state index in [0.29, 0.717) is 11.8 Å². The number of imidazole rings is 1. The fraction of sp³-hybridized carbons (Fsp3) is 0.333. The van der Waals surface area contributed by atoms with Crippen LogP contribution in [0.5, 0.6) is 11.6 Å².